The van der Waals surface area contributed by atoms with Gasteiger partial charge in [0.1, 0.15) is 5.75 Å². The average Bonchev–Trinajstić information content (AvgIpc) is 3.07. The highest BCUT2D eigenvalue weighted by Crippen LogP contribution is 2.37. The van der Waals surface area contributed by atoms with Crippen LogP contribution in [-0.4, -0.2) is 18.8 Å². The third kappa shape index (κ3) is 3.30. The fourth-order valence-corrected chi connectivity index (χ4v) is 2.83. The first kappa shape index (κ1) is 14.4. The molecule has 1 fully saturated rings. The predicted molar refractivity (Wildman–Crippen MR) is 79.1 cm³/mol. The Morgan fingerprint density at radius 3 is 2.42 bits per heavy atom. The molecular formula is C17H26O2. The minimum absolute atomic E-state index is 0.457. The lowest BCUT2D eigenvalue weighted by molar-refractivity contribution is 0.337. The van der Waals surface area contributed by atoms with E-state index in [-0.39, 0.29) is 0 Å². The lowest BCUT2D eigenvalue weighted by Gasteiger charge is -2.19. The molecule has 0 aromatic heterocycles. The van der Waals surface area contributed by atoms with Crippen molar-refractivity contribution in [2.24, 2.45) is 0 Å². The summed E-state index contributed by atoms with van der Waals surface area (Å²) in [7, 11) is 0. The highest BCUT2D eigenvalue weighted by Gasteiger charge is 2.36. The molecule has 3 unspecified atom stereocenters. The van der Waals surface area contributed by atoms with Crippen molar-refractivity contribution in [2.45, 2.75) is 65.6 Å². The van der Waals surface area contributed by atoms with Crippen LogP contribution in [0.15, 0.2) is 12.1 Å². The third-order valence-corrected chi connectivity index (χ3v) is 4.15. The van der Waals surface area contributed by atoms with E-state index < -0.39 is 0 Å². The van der Waals surface area contributed by atoms with Gasteiger partial charge in [0, 0.05) is 0 Å². The van der Waals surface area contributed by atoms with Gasteiger partial charge in [0.05, 0.1) is 18.8 Å². The molecule has 19 heavy (non-hydrogen) atoms. The van der Waals surface area contributed by atoms with Gasteiger partial charge in [0.25, 0.3) is 0 Å². The molecule has 1 aliphatic rings. The Kier molecular flexibility index (Phi) is 4.51. The highest BCUT2D eigenvalue weighted by atomic mass is 16.6. The Balaban J connectivity index is 2.19. The van der Waals surface area contributed by atoms with Gasteiger partial charge in [-0.05, 0) is 69.2 Å². The van der Waals surface area contributed by atoms with E-state index in [0.29, 0.717) is 18.1 Å². The monoisotopic (exact) mass is 262 g/mol. The minimum atomic E-state index is 0.457. The van der Waals surface area contributed by atoms with Crippen LogP contribution in [0.1, 0.15) is 56.2 Å². The summed E-state index contributed by atoms with van der Waals surface area (Å²) in [5.41, 5.74) is 4.05. The van der Waals surface area contributed by atoms with Crippen LogP contribution >= 0.6 is 0 Å². The van der Waals surface area contributed by atoms with Crippen molar-refractivity contribution in [3.8, 4) is 5.75 Å². The molecule has 3 atom stereocenters. The summed E-state index contributed by atoms with van der Waals surface area (Å²) >= 11 is 0. The lowest BCUT2D eigenvalue weighted by atomic mass is 9.87. The van der Waals surface area contributed by atoms with Gasteiger partial charge in [0.2, 0.25) is 0 Å². The number of ether oxygens (including phenoxy) is 2. The quantitative estimate of drug-likeness (QED) is 0.710. The van der Waals surface area contributed by atoms with Crippen LogP contribution < -0.4 is 4.74 Å². The van der Waals surface area contributed by atoms with Crippen molar-refractivity contribution < 1.29 is 9.47 Å². The maximum atomic E-state index is 5.67. The molecule has 0 amide bonds. The second-order valence-electron chi connectivity index (χ2n) is 5.63. The SMILES string of the molecule is CCOc1cc(C)c(C(CC)CC2OC2C)cc1C. The fraction of sp³-hybridized carbons (Fsp3) is 0.647. The zero-order chi connectivity index (χ0) is 14.0. The van der Waals surface area contributed by atoms with Crippen LogP contribution in [-0.2, 0) is 4.74 Å². The Hall–Kier alpha value is -1.02. The zero-order valence-electron chi connectivity index (χ0n) is 12.8. The van der Waals surface area contributed by atoms with Crippen LogP contribution in [0, 0.1) is 13.8 Å². The van der Waals surface area contributed by atoms with Crippen molar-refractivity contribution in [2.75, 3.05) is 6.61 Å². The zero-order valence-corrected chi connectivity index (χ0v) is 12.8. The van der Waals surface area contributed by atoms with E-state index >= 15 is 0 Å². The van der Waals surface area contributed by atoms with E-state index in [1.807, 2.05) is 6.92 Å². The first-order valence-corrected chi connectivity index (χ1v) is 7.46. The van der Waals surface area contributed by atoms with Gasteiger partial charge in [-0.25, -0.2) is 0 Å². The van der Waals surface area contributed by atoms with Crippen LogP contribution in [0.2, 0.25) is 0 Å². The molecule has 1 heterocycles. The summed E-state index contributed by atoms with van der Waals surface area (Å²) in [6.07, 6.45) is 3.24. The molecule has 2 nitrogen and oxygen atoms in total. The van der Waals surface area contributed by atoms with Crippen molar-refractivity contribution in [3.63, 3.8) is 0 Å². The molecular weight excluding hydrogens is 236 g/mol. The highest BCUT2D eigenvalue weighted by molar-refractivity contribution is 5.43. The number of epoxide rings is 1. The molecule has 0 bridgehead atoms. The molecule has 0 N–H and O–H groups in total. The second-order valence-corrected chi connectivity index (χ2v) is 5.63. The molecule has 1 saturated heterocycles. The van der Waals surface area contributed by atoms with E-state index in [1.54, 1.807) is 0 Å². The molecule has 0 spiro atoms. The average molecular weight is 262 g/mol. The predicted octanol–water partition coefficient (Wildman–Crippen LogP) is 4.37. The number of hydrogen-bond donors (Lipinski definition) is 0. The summed E-state index contributed by atoms with van der Waals surface area (Å²) in [6, 6.07) is 4.50. The molecule has 1 aromatic rings. The summed E-state index contributed by atoms with van der Waals surface area (Å²) in [5.74, 6) is 1.62. The fourth-order valence-electron chi connectivity index (χ4n) is 2.83. The molecule has 0 aliphatic carbocycles. The van der Waals surface area contributed by atoms with E-state index in [1.165, 1.54) is 23.1 Å². The van der Waals surface area contributed by atoms with Gasteiger partial charge in [-0.1, -0.05) is 13.0 Å². The number of aryl methyl sites for hydroxylation is 2. The first-order valence-electron chi connectivity index (χ1n) is 7.46. The Morgan fingerprint density at radius 2 is 1.89 bits per heavy atom. The van der Waals surface area contributed by atoms with Gasteiger partial charge in [0.15, 0.2) is 0 Å². The van der Waals surface area contributed by atoms with Crippen LogP contribution in [0.3, 0.4) is 0 Å². The van der Waals surface area contributed by atoms with Crippen molar-refractivity contribution >= 4 is 0 Å². The number of hydrogen-bond acceptors (Lipinski definition) is 2. The molecule has 2 rings (SSSR count). The topological polar surface area (TPSA) is 21.8 Å². The summed E-state index contributed by atoms with van der Waals surface area (Å²) < 4.78 is 11.2. The van der Waals surface area contributed by atoms with E-state index in [4.69, 9.17) is 9.47 Å². The molecule has 1 aromatic carbocycles. The molecule has 106 valence electrons. The minimum Gasteiger partial charge on any atom is -0.494 e. The maximum absolute atomic E-state index is 5.67. The molecule has 1 aliphatic heterocycles. The van der Waals surface area contributed by atoms with Gasteiger partial charge >= 0.3 is 0 Å². The summed E-state index contributed by atoms with van der Waals surface area (Å²) in [5, 5.41) is 0. The lowest BCUT2D eigenvalue weighted by Crippen LogP contribution is -2.06. The summed E-state index contributed by atoms with van der Waals surface area (Å²) in [6.45, 7) is 11.5. The van der Waals surface area contributed by atoms with Gasteiger partial charge in [-0.15, -0.1) is 0 Å². The summed E-state index contributed by atoms with van der Waals surface area (Å²) in [4.78, 5) is 0. The largest absolute Gasteiger partial charge is 0.494 e. The smallest absolute Gasteiger partial charge is 0.122 e. The number of rotatable bonds is 6. The Morgan fingerprint density at radius 1 is 1.21 bits per heavy atom. The Labute approximate surface area is 117 Å². The standard InChI is InChI=1S/C17H26O2/c1-6-14(10-17-13(5)19-17)15-8-12(4)16(18-7-2)9-11(15)3/h8-9,13-14,17H,6-7,10H2,1-5H3. The van der Waals surface area contributed by atoms with Crippen molar-refractivity contribution in [1.29, 1.82) is 0 Å². The van der Waals surface area contributed by atoms with E-state index in [0.717, 1.165) is 18.8 Å². The van der Waals surface area contributed by atoms with E-state index in [2.05, 4.69) is 39.8 Å². The normalized spacial score (nSPS) is 23.2. The maximum Gasteiger partial charge on any atom is 0.122 e. The van der Waals surface area contributed by atoms with E-state index in [9.17, 15) is 0 Å². The Bertz CT molecular complexity index is 439. The number of benzene rings is 1. The van der Waals surface area contributed by atoms with Gasteiger partial charge in [-0.2, -0.15) is 0 Å². The van der Waals surface area contributed by atoms with Crippen LogP contribution in [0.4, 0.5) is 0 Å². The molecule has 0 saturated carbocycles. The van der Waals surface area contributed by atoms with Crippen LogP contribution in [0.25, 0.3) is 0 Å². The molecule has 2 heteroatoms. The first-order chi connectivity index (χ1) is 9.06. The molecule has 0 radical (unpaired) electrons. The third-order valence-electron chi connectivity index (χ3n) is 4.15. The van der Waals surface area contributed by atoms with Gasteiger partial charge < -0.3 is 9.47 Å². The van der Waals surface area contributed by atoms with Gasteiger partial charge in [-0.3, -0.25) is 0 Å². The van der Waals surface area contributed by atoms with Crippen LogP contribution in [0.5, 0.6) is 5.75 Å². The van der Waals surface area contributed by atoms with Crippen molar-refractivity contribution in [1.82, 2.24) is 0 Å². The van der Waals surface area contributed by atoms with Crippen molar-refractivity contribution in [3.05, 3.63) is 28.8 Å². The second kappa shape index (κ2) is 5.96.